The molecule has 2 aromatic carbocycles. The minimum Gasteiger partial charge on any atom is -0.388 e. The van der Waals surface area contributed by atoms with Crippen LogP contribution in [0.1, 0.15) is 0 Å². The number of benzene rings is 2. The van der Waals surface area contributed by atoms with Crippen LogP contribution in [-0.4, -0.2) is 24.1 Å². The number of pyridine rings is 2. The average molecular weight is 366 g/mol. The highest BCUT2D eigenvalue weighted by atomic mass is 14.8. The lowest BCUT2D eigenvalue weighted by molar-refractivity contribution is 1.25. The Kier molecular flexibility index (Phi) is 5.02. The molecule has 0 fully saturated rings. The van der Waals surface area contributed by atoms with Crippen molar-refractivity contribution in [1.82, 2.24) is 9.97 Å². The fourth-order valence-electron chi connectivity index (χ4n) is 3.09. The Bertz CT molecular complexity index is 947. The predicted octanol–water partition coefficient (Wildman–Crippen LogP) is 5.56. The molecule has 0 atom stereocenters. The smallest absolute Gasteiger partial charge is 0.0886 e. The van der Waals surface area contributed by atoms with Crippen molar-refractivity contribution in [2.75, 3.05) is 24.7 Å². The van der Waals surface area contributed by atoms with E-state index in [1.807, 2.05) is 38.6 Å². The molecule has 2 heterocycles. The largest absolute Gasteiger partial charge is 0.388 e. The molecule has 0 amide bonds. The van der Waals surface area contributed by atoms with Crippen molar-refractivity contribution in [3.8, 4) is 33.6 Å². The van der Waals surface area contributed by atoms with E-state index in [1.165, 1.54) is 0 Å². The summed E-state index contributed by atoms with van der Waals surface area (Å²) in [6, 6.07) is 24.8. The third kappa shape index (κ3) is 3.71. The van der Waals surface area contributed by atoms with Gasteiger partial charge in [-0.1, -0.05) is 36.4 Å². The Balaban J connectivity index is 1.53. The second-order valence-electron chi connectivity index (χ2n) is 6.52. The van der Waals surface area contributed by atoms with Gasteiger partial charge in [-0.15, -0.1) is 0 Å². The lowest BCUT2D eigenvalue weighted by atomic mass is 10.1. The Labute approximate surface area is 165 Å². The molecule has 4 heteroatoms. The maximum Gasteiger partial charge on any atom is 0.0886 e. The van der Waals surface area contributed by atoms with Gasteiger partial charge < -0.3 is 10.6 Å². The van der Waals surface area contributed by atoms with Gasteiger partial charge in [-0.2, -0.15) is 0 Å². The molecule has 2 aromatic heterocycles. The Morgan fingerprint density at radius 3 is 1.11 bits per heavy atom. The van der Waals surface area contributed by atoms with E-state index in [9.17, 15) is 0 Å². The minimum atomic E-state index is 0.868. The summed E-state index contributed by atoms with van der Waals surface area (Å²) in [6.07, 6.45) is 3.80. The maximum absolute atomic E-state index is 4.61. The number of hydrogen-bond donors (Lipinski definition) is 2. The molecule has 0 radical (unpaired) electrons. The van der Waals surface area contributed by atoms with Crippen molar-refractivity contribution in [3.05, 3.63) is 85.2 Å². The maximum atomic E-state index is 4.61. The molecular weight excluding hydrogens is 344 g/mol. The molecule has 0 aliphatic heterocycles. The van der Waals surface area contributed by atoms with Gasteiger partial charge in [-0.3, -0.25) is 9.97 Å². The monoisotopic (exact) mass is 366 g/mol. The van der Waals surface area contributed by atoms with Crippen molar-refractivity contribution >= 4 is 11.4 Å². The highest BCUT2D eigenvalue weighted by Crippen LogP contribution is 2.25. The predicted molar refractivity (Wildman–Crippen MR) is 117 cm³/mol. The van der Waals surface area contributed by atoms with Crippen molar-refractivity contribution in [2.45, 2.75) is 0 Å². The van der Waals surface area contributed by atoms with E-state index in [0.717, 1.165) is 45.0 Å². The van der Waals surface area contributed by atoms with E-state index in [1.54, 1.807) is 0 Å². The van der Waals surface area contributed by atoms with E-state index in [2.05, 4.69) is 81.3 Å². The van der Waals surface area contributed by atoms with Crippen LogP contribution in [0.4, 0.5) is 11.4 Å². The standard InChI is InChI=1S/C24H22N4/c1-25-21-9-3-17(4-10-21)19-7-13-23(27-15-19)24-14-8-20(16-28-24)18-5-11-22(26-2)12-6-18/h3-16,25-26H,1-2H3. The van der Waals surface area contributed by atoms with Gasteiger partial charge in [-0.05, 0) is 47.5 Å². The zero-order chi connectivity index (χ0) is 19.3. The topological polar surface area (TPSA) is 49.8 Å². The summed E-state index contributed by atoms with van der Waals surface area (Å²) in [5, 5.41) is 6.26. The van der Waals surface area contributed by atoms with Crippen LogP contribution < -0.4 is 10.6 Å². The lowest BCUT2D eigenvalue weighted by Crippen LogP contribution is -1.90. The van der Waals surface area contributed by atoms with Crippen LogP contribution in [-0.2, 0) is 0 Å². The summed E-state index contributed by atoms with van der Waals surface area (Å²) in [4.78, 5) is 9.21. The van der Waals surface area contributed by atoms with Crippen LogP contribution >= 0.6 is 0 Å². The molecule has 0 spiro atoms. The minimum absolute atomic E-state index is 0.868. The van der Waals surface area contributed by atoms with Gasteiger partial charge in [0.15, 0.2) is 0 Å². The molecule has 0 saturated heterocycles. The first-order valence-electron chi connectivity index (χ1n) is 9.26. The van der Waals surface area contributed by atoms with Gasteiger partial charge in [0, 0.05) is 49.0 Å². The molecule has 4 aromatic rings. The molecule has 0 saturated carbocycles. The molecule has 28 heavy (non-hydrogen) atoms. The van der Waals surface area contributed by atoms with Crippen molar-refractivity contribution in [1.29, 1.82) is 0 Å². The van der Waals surface area contributed by atoms with Gasteiger partial charge in [0.05, 0.1) is 11.4 Å². The molecule has 0 unspecified atom stereocenters. The number of nitrogens with one attached hydrogen (secondary N) is 2. The van der Waals surface area contributed by atoms with Crippen LogP contribution in [0.15, 0.2) is 85.2 Å². The van der Waals surface area contributed by atoms with Crippen molar-refractivity contribution in [3.63, 3.8) is 0 Å². The third-order valence-corrected chi connectivity index (χ3v) is 4.80. The zero-order valence-corrected chi connectivity index (χ0v) is 16.0. The fraction of sp³-hybridized carbons (Fsp3) is 0.0833. The van der Waals surface area contributed by atoms with Gasteiger partial charge in [-0.25, -0.2) is 0 Å². The van der Waals surface area contributed by atoms with E-state index in [0.29, 0.717) is 0 Å². The second-order valence-corrected chi connectivity index (χ2v) is 6.52. The zero-order valence-electron chi connectivity index (χ0n) is 16.0. The quantitative estimate of drug-likeness (QED) is 0.485. The molecule has 0 aliphatic rings. The van der Waals surface area contributed by atoms with Crippen LogP contribution in [0.25, 0.3) is 33.6 Å². The summed E-state index contributed by atoms with van der Waals surface area (Å²) < 4.78 is 0. The molecular formula is C24H22N4. The molecule has 4 rings (SSSR count). The second kappa shape index (κ2) is 7.92. The summed E-state index contributed by atoms with van der Waals surface area (Å²) in [5.74, 6) is 0. The molecule has 0 aliphatic carbocycles. The highest BCUT2D eigenvalue weighted by molar-refractivity contribution is 5.69. The van der Waals surface area contributed by atoms with Gasteiger partial charge in [0.2, 0.25) is 0 Å². The first kappa shape index (κ1) is 17.7. The summed E-state index contributed by atoms with van der Waals surface area (Å²) >= 11 is 0. The van der Waals surface area contributed by atoms with Crippen LogP contribution in [0, 0.1) is 0 Å². The van der Waals surface area contributed by atoms with E-state index in [-0.39, 0.29) is 0 Å². The Morgan fingerprint density at radius 1 is 0.464 bits per heavy atom. The van der Waals surface area contributed by atoms with E-state index in [4.69, 9.17) is 0 Å². The number of nitrogens with zero attached hydrogens (tertiary/aromatic N) is 2. The van der Waals surface area contributed by atoms with Crippen LogP contribution in [0.2, 0.25) is 0 Å². The van der Waals surface area contributed by atoms with E-state index >= 15 is 0 Å². The number of hydrogen-bond acceptors (Lipinski definition) is 4. The lowest BCUT2D eigenvalue weighted by Gasteiger charge is -2.07. The van der Waals surface area contributed by atoms with Crippen LogP contribution in [0.5, 0.6) is 0 Å². The molecule has 2 N–H and O–H groups in total. The average Bonchev–Trinajstić information content (AvgIpc) is 2.79. The van der Waals surface area contributed by atoms with Gasteiger partial charge in [0.25, 0.3) is 0 Å². The van der Waals surface area contributed by atoms with E-state index < -0.39 is 0 Å². The van der Waals surface area contributed by atoms with Crippen molar-refractivity contribution < 1.29 is 0 Å². The van der Waals surface area contributed by atoms with Gasteiger partial charge >= 0.3 is 0 Å². The SMILES string of the molecule is CNc1ccc(-c2ccc(-c3ccc(-c4ccc(NC)cc4)cn3)nc2)cc1. The molecule has 0 bridgehead atoms. The fourth-order valence-corrected chi connectivity index (χ4v) is 3.09. The first-order chi connectivity index (χ1) is 13.8. The van der Waals surface area contributed by atoms with Crippen LogP contribution in [0.3, 0.4) is 0 Å². The summed E-state index contributed by atoms with van der Waals surface area (Å²) in [6.45, 7) is 0. The molecule has 4 nitrogen and oxygen atoms in total. The van der Waals surface area contributed by atoms with Crippen molar-refractivity contribution in [2.24, 2.45) is 0 Å². The highest BCUT2D eigenvalue weighted by Gasteiger charge is 2.05. The Hall–Kier alpha value is -3.66. The summed E-state index contributed by atoms with van der Waals surface area (Å²) in [7, 11) is 3.84. The molecule has 138 valence electrons. The third-order valence-electron chi connectivity index (χ3n) is 4.80. The van der Waals surface area contributed by atoms with Gasteiger partial charge in [0.1, 0.15) is 0 Å². The Morgan fingerprint density at radius 2 is 0.821 bits per heavy atom. The summed E-state index contributed by atoms with van der Waals surface area (Å²) in [5.41, 5.74) is 8.40. The number of aromatic nitrogens is 2. The normalized spacial score (nSPS) is 10.5. The number of rotatable bonds is 5. The first-order valence-corrected chi connectivity index (χ1v) is 9.26. The number of anilines is 2.